The molecule has 0 unspecified atom stereocenters. The van der Waals surface area contributed by atoms with Crippen molar-refractivity contribution in [3.05, 3.63) is 77.4 Å². The molecule has 0 saturated heterocycles. The van der Waals surface area contributed by atoms with E-state index in [2.05, 4.69) is 20.7 Å². The van der Waals surface area contributed by atoms with Gasteiger partial charge in [0.25, 0.3) is 5.89 Å². The summed E-state index contributed by atoms with van der Waals surface area (Å²) in [5.74, 6) is -0.0371. The molecule has 29 heavy (non-hydrogen) atoms. The van der Waals surface area contributed by atoms with E-state index >= 15 is 0 Å². The lowest BCUT2D eigenvalue weighted by Crippen LogP contribution is -2.19. The molecule has 0 amide bonds. The van der Waals surface area contributed by atoms with E-state index in [4.69, 9.17) is 8.94 Å². The number of hydrogen-bond acceptors (Lipinski definition) is 6. The van der Waals surface area contributed by atoms with Crippen molar-refractivity contribution in [3.63, 3.8) is 0 Å². The van der Waals surface area contributed by atoms with Crippen LogP contribution in [0.25, 0.3) is 22.7 Å². The van der Waals surface area contributed by atoms with Gasteiger partial charge in [0.2, 0.25) is 5.89 Å². The first-order valence-corrected chi connectivity index (χ1v) is 9.05. The molecule has 2 aromatic carbocycles. The van der Waals surface area contributed by atoms with E-state index in [1.54, 1.807) is 13.8 Å². The quantitative estimate of drug-likeness (QED) is 0.503. The summed E-state index contributed by atoms with van der Waals surface area (Å²) in [7, 11) is 0. The molecular formula is C21H18F2N4O2. The Bertz CT molecular complexity index is 1120. The number of halogens is 2. The molecule has 1 atom stereocenters. The van der Waals surface area contributed by atoms with E-state index in [0.29, 0.717) is 34.4 Å². The van der Waals surface area contributed by atoms with Gasteiger partial charge in [-0.3, -0.25) is 0 Å². The molecule has 0 fully saturated rings. The molecule has 2 aromatic heterocycles. The van der Waals surface area contributed by atoms with Gasteiger partial charge in [-0.2, -0.15) is 0 Å². The third-order valence-electron chi connectivity index (χ3n) is 4.58. The van der Waals surface area contributed by atoms with Crippen molar-refractivity contribution in [1.29, 1.82) is 0 Å². The second-order valence-corrected chi connectivity index (χ2v) is 6.60. The van der Waals surface area contributed by atoms with Gasteiger partial charge in [0.1, 0.15) is 28.7 Å². The fourth-order valence-electron chi connectivity index (χ4n) is 3.05. The lowest BCUT2D eigenvalue weighted by Gasteiger charge is -2.13. The average molecular weight is 396 g/mol. The minimum absolute atomic E-state index is 0.218. The lowest BCUT2D eigenvalue weighted by molar-refractivity contribution is 0.399. The molecule has 0 aliphatic carbocycles. The number of nitrogens with zero attached hydrogens (tertiary/aromatic N) is 3. The van der Waals surface area contributed by atoms with Crippen molar-refractivity contribution in [2.24, 2.45) is 0 Å². The van der Waals surface area contributed by atoms with E-state index in [1.807, 2.05) is 30.3 Å². The van der Waals surface area contributed by atoms with E-state index < -0.39 is 11.6 Å². The molecule has 2 heterocycles. The Morgan fingerprint density at radius 3 is 2.62 bits per heavy atom. The summed E-state index contributed by atoms with van der Waals surface area (Å²) in [6, 6.07) is 12.7. The number of aromatic nitrogens is 3. The Morgan fingerprint density at radius 1 is 1.07 bits per heavy atom. The summed E-state index contributed by atoms with van der Waals surface area (Å²) in [4.78, 5) is 0. The Balaban J connectivity index is 1.52. The monoisotopic (exact) mass is 396 g/mol. The summed E-state index contributed by atoms with van der Waals surface area (Å²) in [5.41, 5.74) is 2.48. The van der Waals surface area contributed by atoms with Crippen LogP contribution in [0.15, 0.2) is 57.5 Å². The molecule has 6 nitrogen and oxygen atoms in total. The highest BCUT2D eigenvalue weighted by Gasteiger charge is 2.22. The molecular weight excluding hydrogens is 378 g/mol. The molecule has 0 saturated carbocycles. The van der Waals surface area contributed by atoms with Crippen LogP contribution < -0.4 is 5.32 Å². The fraction of sp³-hybridized carbons (Fsp3) is 0.190. The van der Waals surface area contributed by atoms with Gasteiger partial charge in [-0.05, 0) is 19.9 Å². The van der Waals surface area contributed by atoms with E-state index in [-0.39, 0.29) is 12.6 Å². The third-order valence-corrected chi connectivity index (χ3v) is 4.58. The maximum atomic E-state index is 13.9. The summed E-state index contributed by atoms with van der Waals surface area (Å²) in [5, 5.41) is 15.4. The summed E-state index contributed by atoms with van der Waals surface area (Å²) in [6.07, 6.45) is 0. The lowest BCUT2D eigenvalue weighted by atomic mass is 10.1. The van der Waals surface area contributed by atoms with E-state index in [1.165, 1.54) is 12.1 Å². The van der Waals surface area contributed by atoms with Gasteiger partial charge in [-0.1, -0.05) is 41.6 Å². The second-order valence-electron chi connectivity index (χ2n) is 6.60. The van der Waals surface area contributed by atoms with Crippen LogP contribution in [0.5, 0.6) is 0 Å². The zero-order valence-corrected chi connectivity index (χ0v) is 15.8. The minimum atomic E-state index is -0.613. The first-order valence-electron chi connectivity index (χ1n) is 9.05. The Labute approximate surface area is 165 Å². The predicted octanol–water partition coefficient (Wildman–Crippen LogP) is 4.83. The van der Waals surface area contributed by atoms with Crippen LogP contribution >= 0.6 is 0 Å². The van der Waals surface area contributed by atoms with Crippen molar-refractivity contribution in [2.45, 2.75) is 26.4 Å². The highest BCUT2D eigenvalue weighted by Crippen LogP contribution is 2.33. The van der Waals surface area contributed by atoms with Crippen LogP contribution in [0.4, 0.5) is 8.78 Å². The third kappa shape index (κ3) is 3.93. The molecule has 0 radical (unpaired) electrons. The minimum Gasteiger partial charge on any atom is -0.419 e. The standard InChI is InChI=1S/C21H18F2N4O2/c1-12(16-9-8-15(22)10-17(16)23)24-11-18-25-26-21(28-18)19-13(2)29-27-20(19)14-6-4-3-5-7-14/h3-10,12,24H,11H2,1-2H3/t12-/m0/s1. The van der Waals surface area contributed by atoms with Crippen LogP contribution in [0, 0.1) is 18.6 Å². The Hall–Kier alpha value is -3.39. The number of benzene rings is 2. The SMILES string of the molecule is Cc1onc(-c2ccccc2)c1-c1nnc(CN[C@@H](C)c2ccc(F)cc2F)o1. The summed E-state index contributed by atoms with van der Waals surface area (Å²) < 4.78 is 38.1. The fourth-order valence-corrected chi connectivity index (χ4v) is 3.05. The molecule has 0 spiro atoms. The van der Waals surface area contributed by atoms with Crippen molar-refractivity contribution < 1.29 is 17.7 Å². The number of nitrogens with one attached hydrogen (secondary N) is 1. The second kappa shape index (κ2) is 7.92. The average Bonchev–Trinajstić information content (AvgIpc) is 3.33. The van der Waals surface area contributed by atoms with E-state index in [9.17, 15) is 8.78 Å². The largest absolute Gasteiger partial charge is 0.419 e. The van der Waals surface area contributed by atoms with Gasteiger partial charge in [0, 0.05) is 23.2 Å². The normalized spacial score (nSPS) is 12.3. The van der Waals surface area contributed by atoms with E-state index in [0.717, 1.165) is 11.6 Å². The number of aryl methyl sites for hydroxylation is 1. The maximum Gasteiger partial charge on any atom is 0.253 e. The Kier molecular flexibility index (Phi) is 5.18. The molecule has 0 bridgehead atoms. The van der Waals surface area contributed by atoms with Gasteiger partial charge in [0.05, 0.1) is 6.54 Å². The molecule has 4 aromatic rings. The molecule has 8 heteroatoms. The van der Waals surface area contributed by atoms with Crippen LogP contribution in [-0.2, 0) is 6.54 Å². The highest BCUT2D eigenvalue weighted by atomic mass is 19.1. The maximum absolute atomic E-state index is 13.9. The van der Waals surface area contributed by atoms with Crippen molar-refractivity contribution >= 4 is 0 Å². The smallest absolute Gasteiger partial charge is 0.253 e. The van der Waals surface area contributed by atoms with Gasteiger partial charge in [-0.15, -0.1) is 10.2 Å². The van der Waals surface area contributed by atoms with Crippen LogP contribution in [0.2, 0.25) is 0 Å². The van der Waals surface area contributed by atoms with Gasteiger partial charge in [0.15, 0.2) is 0 Å². The van der Waals surface area contributed by atoms with Gasteiger partial charge in [-0.25, -0.2) is 8.78 Å². The predicted molar refractivity (Wildman–Crippen MR) is 102 cm³/mol. The van der Waals surface area contributed by atoms with Crippen LogP contribution in [-0.4, -0.2) is 15.4 Å². The van der Waals surface area contributed by atoms with Gasteiger partial charge < -0.3 is 14.3 Å². The topological polar surface area (TPSA) is 77.0 Å². The summed E-state index contributed by atoms with van der Waals surface area (Å²) >= 11 is 0. The highest BCUT2D eigenvalue weighted by molar-refractivity contribution is 5.77. The van der Waals surface area contributed by atoms with Crippen molar-refractivity contribution in [3.8, 4) is 22.7 Å². The molecule has 148 valence electrons. The molecule has 0 aliphatic rings. The first-order chi connectivity index (χ1) is 14.0. The number of hydrogen-bond donors (Lipinski definition) is 1. The Morgan fingerprint density at radius 2 is 1.86 bits per heavy atom. The molecule has 4 rings (SSSR count). The summed E-state index contributed by atoms with van der Waals surface area (Å²) in [6.45, 7) is 3.76. The molecule has 0 aliphatic heterocycles. The number of rotatable bonds is 6. The zero-order chi connectivity index (χ0) is 20.4. The van der Waals surface area contributed by atoms with Crippen molar-refractivity contribution in [1.82, 2.24) is 20.7 Å². The van der Waals surface area contributed by atoms with Crippen LogP contribution in [0.1, 0.15) is 30.2 Å². The molecule has 1 N–H and O–H groups in total. The van der Waals surface area contributed by atoms with Crippen LogP contribution in [0.3, 0.4) is 0 Å². The van der Waals surface area contributed by atoms with Crippen molar-refractivity contribution in [2.75, 3.05) is 0 Å². The van der Waals surface area contributed by atoms with Gasteiger partial charge >= 0.3 is 0 Å². The first kappa shape index (κ1) is 18.9. The zero-order valence-electron chi connectivity index (χ0n) is 15.8.